The molecule has 0 saturated carbocycles. The van der Waals surface area contributed by atoms with Gasteiger partial charge in [-0.15, -0.1) is 0 Å². The first-order valence-electron chi connectivity index (χ1n) is 5.37. The second kappa shape index (κ2) is 8.28. The number of methoxy groups -OCH3 is 1. The molecule has 0 fully saturated rings. The van der Waals surface area contributed by atoms with Crippen LogP contribution in [-0.4, -0.2) is 20.3 Å². The van der Waals surface area contributed by atoms with Crippen LogP contribution in [0.1, 0.15) is 25.0 Å². The number of halogens is 2. The third-order valence-electron chi connectivity index (χ3n) is 2.20. The summed E-state index contributed by atoms with van der Waals surface area (Å²) >= 11 is 6.70. The minimum Gasteiger partial charge on any atom is -0.452 e. The van der Waals surface area contributed by atoms with E-state index in [0.717, 1.165) is 41.0 Å². The number of ether oxygens (including phenoxy) is 1. The van der Waals surface area contributed by atoms with Gasteiger partial charge in [0.05, 0.1) is 11.0 Å². The molecular formula is C11H17Br2NO2. The van der Waals surface area contributed by atoms with Gasteiger partial charge in [0.25, 0.3) is 0 Å². The molecule has 0 amide bonds. The summed E-state index contributed by atoms with van der Waals surface area (Å²) in [5.74, 6) is 0.940. The van der Waals surface area contributed by atoms with Gasteiger partial charge in [-0.05, 0) is 63.7 Å². The standard InChI is InChI=1S/C11H17Br2NO2/c1-15-6-4-2-3-5-14-8-9-7-10(12)11(13)16-9/h7,14H,2-6,8H2,1H3. The van der Waals surface area contributed by atoms with Gasteiger partial charge in [-0.25, -0.2) is 0 Å². The van der Waals surface area contributed by atoms with Crippen LogP contribution in [0.2, 0.25) is 0 Å². The van der Waals surface area contributed by atoms with E-state index in [9.17, 15) is 0 Å². The minimum absolute atomic E-state index is 0.754. The molecule has 0 bridgehead atoms. The smallest absolute Gasteiger partial charge is 0.183 e. The highest BCUT2D eigenvalue weighted by Gasteiger charge is 2.04. The van der Waals surface area contributed by atoms with Crippen LogP contribution in [0.15, 0.2) is 19.6 Å². The van der Waals surface area contributed by atoms with Crippen LogP contribution in [0.4, 0.5) is 0 Å². The summed E-state index contributed by atoms with van der Waals surface area (Å²) in [5.41, 5.74) is 0. The maximum absolute atomic E-state index is 5.45. The van der Waals surface area contributed by atoms with Crippen molar-refractivity contribution in [3.8, 4) is 0 Å². The fraction of sp³-hybridized carbons (Fsp3) is 0.636. The van der Waals surface area contributed by atoms with Crippen molar-refractivity contribution in [3.63, 3.8) is 0 Å². The van der Waals surface area contributed by atoms with E-state index in [1.54, 1.807) is 7.11 Å². The van der Waals surface area contributed by atoms with Crippen molar-refractivity contribution in [1.82, 2.24) is 5.32 Å². The van der Waals surface area contributed by atoms with Crippen LogP contribution in [0.5, 0.6) is 0 Å². The lowest BCUT2D eigenvalue weighted by Gasteiger charge is -2.02. The van der Waals surface area contributed by atoms with Crippen molar-refractivity contribution in [2.75, 3.05) is 20.3 Å². The van der Waals surface area contributed by atoms with Gasteiger partial charge in [0.15, 0.2) is 4.67 Å². The lowest BCUT2D eigenvalue weighted by molar-refractivity contribution is 0.192. The second-order valence-corrected chi connectivity index (χ2v) is 5.14. The Kier molecular flexibility index (Phi) is 7.36. The molecule has 0 aromatic carbocycles. The minimum atomic E-state index is 0.754. The zero-order valence-corrected chi connectivity index (χ0v) is 12.6. The first kappa shape index (κ1) is 14.2. The topological polar surface area (TPSA) is 34.4 Å². The monoisotopic (exact) mass is 353 g/mol. The quantitative estimate of drug-likeness (QED) is 0.722. The SMILES string of the molecule is COCCCCCNCc1cc(Br)c(Br)o1. The Labute approximate surface area is 113 Å². The number of hydrogen-bond donors (Lipinski definition) is 1. The molecule has 0 saturated heterocycles. The molecule has 1 N–H and O–H groups in total. The Morgan fingerprint density at radius 3 is 2.75 bits per heavy atom. The zero-order chi connectivity index (χ0) is 11.8. The van der Waals surface area contributed by atoms with Crippen molar-refractivity contribution in [2.24, 2.45) is 0 Å². The van der Waals surface area contributed by atoms with Crippen molar-refractivity contribution >= 4 is 31.9 Å². The average Bonchev–Trinajstić information content (AvgIpc) is 2.57. The van der Waals surface area contributed by atoms with Crippen LogP contribution in [0, 0.1) is 0 Å². The number of rotatable bonds is 8. The molecule has 3 nitrogen and oxygen atoms in total. The van der Waals surface area contributed by atoms with Crippen molar-refractivity contribution in [3.05, 3.63) is 21.0 Å². The fourth-order valence-corrected chi connectivity index (χ4v) is 2.02. The Morgan fingerprint density at radius 2 is 2.12 bits per heavy atom. The van der Waals surface area contributed by atoms with Crippen molar-refractivity contribution in [1.29, 1.82) is 0 Å². The maximum Gasteiger partial charge on any atom is 0.183 e. The molecule has 0 aliphatic heterocycles. The summed E-state index contributed by atoms with van der Waals surface area (Å²) in [6.07, 6.45) is 3.51. The number of unbranched alkanes of at least 4 members (excludes halogenated alkanes) is 2. The summed E-state index contributed by atoms with van der Waals surface area (Å²) in [4.78, 5) is 0. The lowest BCUT2D eigenvalue weighted by atomic mass is 10.2. The largest absolute Gasteiger partial charge is 0.452 e. The summed E-state index contributed by atoms with van der Waals surface area (Å²) in [7, 11) is 1.74. The molecule has 5 heteroatoms. The maximum atomic E-state index is 5.45. The second-order valence-electron chi connectivity index (χ2n) is 3.56. The fourth-order valence-electron chi connectivity index (χ4n) is 1.36. The molecule has 92 valence electrons. The van der Waals surface area contributed by atoms with E-state index in [4.69, 9.17) is 9.15 Å². The Bertz CT molecular complexity index is 283. The lowest BCUT2D eigenvalue weighted by Crippen LogP contribution is -2.14. The Hall–Kier alpha value is 0.160. The van der Waals surface area contributed by atoms with E-state index in [-0.39, 0.29) is 0 Å². The number of hydrogen-bond acceptors (Lipinski definition) is 3. The molecule has 0 unspecified atom stereocenters. The zero-order valence-electron chi connectivity index (χ0n) is 9.39. The van der Waals surface area contributed by atoms with Gasteiger partial charge in [0.1, 0.15) is 5.76 Å². The van der Waals surface area contributed by atoms with Gasteiger partial charge in [-0.1, -0.05) is 0 Å². The first-order chi connectivity index (χ1) is 7.74. The summed E-state index contributed by atoms with van der Waals surface area (Å²) in [6, 6.07) is 1.97. The van der Waals surface area contributed by atoms with Gasteiger partial charge in [0.2, 0.25) is 0 Å². The third kappa shape index (κ3) is 5.48. The van der Waals surface area contributed by atoms with E-state index in [0.29, 0.717) is 0 Å². The molecule has 16 heavy (non-hydrogen) atoms. The van der Waals surface area contributed by atoms with Gasteiger partial charge in [-0.2, -0.15) is 0 Å². The van der Waals surface area contributed by atoms with E-state index in [2.05, 4.69) is 37.2 Å². The molecule has 0 spiro atoms. The van der Waals surface area contributed by atoms with Crippen LogP contribution in [-0.2, 0) is 11.3 Å². The summed E-state index contributed by atoms with van der Waals surface area (Å²) in [5, 5.41) is 3.34. The summed E-state index contributed by atoms with van der Waals surface area (Å²) < 4.78 is 12.2. The van der Waals surface area contributed by atoms with Gasteiger partial charge in [-0.3, -0.25) is 0 Å². The Balaban J connectivity index is 2.03. The normalized spacial score (nSPS) is 10.9. The predicted octanol–water partition coefficient (Wildman–Crippen LogP) is 3.71. The highest BCUT2D eigenvalue weighted by molar-refractivity contribution is 9.13. The van der Waals surface area contributed by atoms with E-state index in [1.165, 1.54) is 12.8 Å². The molecule has 1 aromatic rings. The summed E-state index contributed by atoms with van der Waals surface area (Å²) in [6.45, 7) is 2.65. The highest BCUT2D eigenvalue weighted by Crippen LogP contribution is 2.26. The van der Waals surface area contributed by atoms with Crippen LogP contribution >= 0.6 is 31.9 Å². The molecule has 1 rings (SSSR count). The first-order valence-corrected chi connectivity index (χ1v) is 6.96. The molecule has 0 atom stereocenters. The van der Waals surface area contributed by atoms with Gasteiger partial charge in [0, 0.05) is 13.7 Å². The van der Waals surface area contributed by atoms with Crippen LogP contribution in [0.3, 0.4) is 0 Å². The molecule has 1 aromatic heterocycles. The van der Waals surface area contributed by atoms with Crippen LogP contribution in [0.25, 0.3) is 0 Å². The van der Waals surface area contributed by atoms with Gasteiger partial charge >= 0.3 is 0 Å². The number of furan rings is 1. The number of nitrogens with one attached hydrogen (secondary N) is 1. The van der Waals surface area contributed by atoms with E-state index >= 15 is 0 Å². The highest BCUT2D eigenvalue weighted by atomic mass is 79.9. The van der Waals surface area contributed by atoms with E-state index in [1.807, 2.05) is 6.07 Å². The molecule has 1 heterocycles. The molecular weight excluding hydrogens is 338 g/mol. The van der Waals surface area contributed by atoms with Crippen LogP contribution < -0.4 is 5.32 Å². The Morgan fingerprint density at radius 1 is 1.31 bits per heavy atom. The molecule has 0 radical (unpaired) electrons. The molecule has 0 aliphatic rings. The van der Waals surface area contributed by atoms with Crippen molar-refractivity contribution < 1.29 is 9.15 Å². The van der Waals surface area contributed by atoms with Crippen molar-refractivity contribution in [2.45, 2.75) is 25.8 Å². The predicted molar refractivity (Wildman–Crippen MR) is 71.5 cm³/mol. The third-order valence-corrected chi connectivity index (χ3v) is 3.91. The van der Waals surface area contributed by atoms with Gasteiger partial charge < -0.3 is 14.5 Å². The molecule has 0 aliphatic carbocycles. The average molecular weight is 355 g/mol. The van der Waals surface area contributed by atoms with E-state index < -0.39 is 0 Å².